The summed E-state index contributed by atoms with van der Waals surface area (Å²) in [4.78, 5) is 12.3. The molecule has 0 amide bonds. The highest BCUT2D eigenvalue weighted by atomic mass is 35.5. The van der Waals surface area contributed by atoms with Crippen LogP contribution in [0, 0.1) is 5.92 Å². The van der Waals surface area contributed by atoms with Crippen LogP contribution in [-0.2, 0) is 10.3 Å². The number of nitrogens with zero attached hydrogens (tertiary/aromatic N) is 2. The molecule has 1 aromatic heterocycles. The van der Waals surface area contributed by atoms with Gasteiger partial charge < -0.3 is 10.1 Å². The average molecular weight is 342 g/mol. The Balaban J connectivity index is 1.89. The standard InChI is InChI=1S/C17H28ClN3O2/c1-12-7-5-6-8-14(12)23-10-9-19-13-11-20-21(17(2,3)4)16(22)15(13)18/h11-12,14,19H,5-10H2,1-4H3/t12-,14-/m1/s1. The molecule has 1 aromatic rings. The topological polar surface area (TPSA) is 56.1 Å². The summed E-state index contributed by atoms with van der Waals surface area (Å²) < 4.78 is 7.36. The lowest BCUT2D eigenvalue weighted by Crippen LogP contribution is -2.36. The van der Waals surface area contributed by atoms with Gasteiger partial charge in [-0.2, -0.15) is 5.10 Å². The van der Waals surface area contributed by atoms with Gasteiger partial charge in [0.15, 0.2) is 0 Å². The molecule has 0 spiro atoms. The molecule has 1 fully saturated rings. The maximum Gasteiger partial charge on any atom is 0.288 e. The highest BCUT2D eigenvalue weighted by Gasteiger charge is 2.22. The first-order valence-electron chi connectivity index (χ1n) is 8.44. The molecule has 0 bridgehead atoms. The molecule has 1 N–H and O–H groups in total. The van der Waals surface area contributed by atoms with E-state index in [1.54, 1.807) is 6.20 Å². The van der Waals surface area contributed by atoms with E-state index in [0.29, 0.717) is 30.9 Å². The summed E-state index contributed by atoms with van der Waals surface area (Å²) in [6.45, 7) is 9.24. The minimum absolute atomic E-state index is 0.181. The van der Waals surface area contributed by atoms with Crippen LogP contribution in [0.3, 0.4) is 0 Å². The van der Waals surface area contributed by atoms with E-state index >= 15 is 0 Å². The molecule has 2 atom stereocenters. The number of hydrogen-bond donors (Lipinski definition) is 1. The zero-order valence-corrected chi connectivity index (χ0v) is 15.3. The lowest BCUT2D eigenvalue weighted by molar-refractivity contribution is 0.000389. The Labute approximate surface area is 143 Å². The van der Waals surface area contributed by atoms with Crippen molar-refractivity contribution < 1.29 is 4.74 Å². The molecular weight excluding hydrogens is 314 g/mol. The van der Waals surface area contributed by atoms with Gasteiger partial charge in [-0.15, -0.1) is 0 Å². The van der Waals surface area contributed by atoms with Crippen molar-refractivity contribution in [3.8, 4) is 0 Å². The van der Waals surface area contributed by atoms with Crippen molar-refractivity contribution >= 4 is 17.3 Å². The number of aromatic nitrogens is 2. The minimum Gasteiger partial charge on any atom is -0.380 e. The summed E-state index contributed by atoms with van der Waals surface area (Å²) in [5.41, 5.74) is -0.0945. The van der Waals surface area contributed by atoms with Crippen LogP contribution in [0.1, 0.15) is 53.4 Å². The second-order valence-corrected chi connectivity index (χ2v) is 7.74. The van der Waals surface area contributed by atoms with E-state index in [0.717, 1.165) is 6.42 Å². The lowest BCUT2D eigenvalue weighted by Gasteiger charge is -2.28. The van der Waals surface area contributed by atoms with Gasteiger partial charge in [0.2, 0.25) is 0 Å². The number of halogens is 1. The third kappa shape index (κ3) is 4.70. The smallest absolute Gasteiger partial charge is 0.288 e. The van der Waals surface area contributed by atoms with Crippen LogP contribution in [-0.4, -0.2) is 29.0 Å². The van der Waals surface area contributed by atoms with Crippen molar-refractivity contribution in [2.75, 3.05) is 18.5 Å². The van der Waals surface area contributed by atoms with E-state index in [9.17, 15) is 4.79 Å². The van der Waals surface area contributed by atoms with Gasteiger partial charge in [-0.1, -0.05) is 31.4 Å². The molecule has 1 heterocycles. The van der Waals surface area contributed by atoms with Crippen molar-refractivity contribution in [3.05, 3.63) is 21.6 Å². The number of ether oxygens (including phenoxy) is 1. The molecule has 0 unspecified atom stereocenters. The second-order valence-electron chi connectivity index (χ2n) is 7.36. The third-order valence-electron chi connectivity index (χ3n) is 4.34. The molecule has 23 heavy (non-hydrogen) atoms. The Morgan fingerprint density at radius 1 is 1.39 bits per heavy atom. The van der Waals surface area contributed by atoms with Gasteiger partial charge >= 0.3 is 0 Å². The van der Waals surface area contributed by atoms with Gasteiger partial charge in [-0.3, -0.25) is 4.79 Å². The van der Waals surface area contributed by atoms with Gasteiger partial charge in [0, 0.05) is 6.54 Å². The van der Waals surface area contributed by atoms with Crippen molar-refractivity contribution in [3.63, 3.8) is 0 Å². The van der Waals surface area contributed by atoms with E-state index in [2.05, 4.69) is 17.3 Å². The van der Waals surface area contributed by atoms with Crippen LogP contribution >= 0.6 is 11.6 Å². The van der Waals surface area contributed by atoms with Crippen LogP contribution in [0.25, 0.3) is 0 Å². The predicted octanol–water partition coefficient (Wildman–Crippen LogP) is 3.66. The first-order valence-corrected chi connectivity index (χ1v) is 8.82. The molecule has 0 saturated heterocycles. The van der Waals surface area contributed by atoms with Gasteiger partial charge in [-0.05, 0) is 39.5 Å². The van der Waals surface area contributed by atoms with Crippen LogP contribution < -0.4 is 10.9 Å². The van der Waals surface area contributed by atoms with Crippen molar-refractivity contribution in [2.45, 2.75) is 65.0 Å². The molecule has 5 nitrogen and oxygen atoms in total. The number of rotatable bonds is 5. The maximum atomic E-state index is 12.3. The quantitative estimate of drug-likeness (QED) is 0.830. The lowest BCUT2D eigenvalue weighted by atomic mass is 9.88. The van der Waals surface area contributed by atoms with Gasteiger partial charge in [-0.25, -0.2) is 4.68 Å². The molecule has 0 aliphatic heterocycles. The second kappa shape index (κ2) is 7.67. The predicted molar refractivity (Wildman–Crippen MR) is 94.4 cm³/mol. The Morgan fingerprint density at radius 3 is 2.74 bits per heavy atom. The summed E-state index contributed by atoms with van der Waals surface area (Å²) in [7, 11) is 0. The van der Waals surface area contributed by atoms with E-state index in [-0.39, 0.29) is 16.1 Å². The van der Waals surface area contributed by atoms with Crippen LogP contribution in [0.4, 0.5) is 5.69 Å². The Morgan fingerprint density at radius 2 is 2.09 bits per heavy atom. The van der Waals surface area contributed by atoms with Crippen molar-refractivity contribution in [1.82, 2.24) is 9.78 Å². The molecule has 1 saturated carbocycles. The Bertz CT molecular complexity index is 580. The van der Waals surface area contributed by atoms with E-state index in [4.69, 9.17) is 16.3 Å². The summed E-state index contributed by atoms with van der Waals surface area (Å²) in [6, 6.07) is 0. The zero-order chi connectivity index (χ0) is 17.0. The number of nitrogens with one attached hydrogen (secondary N) is 1. The summed E-state index contributed by atoms with van der Waals surface area (Å²) in [5, 5.41) is 7.54. The monoisotopic (exact) mass is 341 g/mol. The minimum atomic E-state index is -0.389. The molecule has 1 aliphatic carbocycles. The van der Waals surface area contributed by atoms with Crippen molar-refractivity contribution in [1.29, 1.82) is 0 Å². The Hall–Kier alpha value is -1.07. The first-order chi connectivity index (χ1) is 10.8. The van der Waals surface area contributed by atoms with E-state index in [1.165, 1.54) is 23.9 Å². The molecule has 2 rings (SSSR count). The van der Waals surface area contributed by atoms with Crippen LogP contribution in [0.15, 0.2) is 11.0 Å². The molecular formula is C17H28ClN3O2. The van der Waals surface area contributed by atoms with Gasteiger partial charge in [0.05, 0.1) is 30.1 Å². The van der Waals surface area contributed by atoms with E-state index < -0.39 is 0 Å². The largest absolute Gasteiger partial charge is 0.380 e. The SMILES string of the molecule is C[C@@H]1CCCC[C@H]1OCCNc1cnn(C(C)(C)C)c(=O)c1Cl. The fourth-order valence-corrected chi connectivity index (χ4v) is 3.16. The van der Waals surface area contributed by atoms with Gasteiger partial charge in [0.1, 0.15) is 5.02 Å². The average Bonchev–Trinajstić information content (AvgIpc) is 2.48. The fourth-order valence-electron chi connectivity index (χ4n) is 2.96. The summed E-state index contributed by atoms with van der Waals surface area (Å²) in [5.74, 6) is 0.629. The molecule has 6 heteroatoms. The molecule has 1 aliphatic rings. The normalized spacial score (nSPS) is 22.1. The number of hydrogen-bond acceptors (Lipinski definition) is 4. The summed E-state index contributed by atoms with van der Waals surface area (Å²) in [6.07, 6.45) is 6.92. The maximum absolute atomic E-state index is 12.3. The molecule has 130 valence electrons. The Kier molecular flexibility index (Phi) is 6.09. The fraction of sp³-hybridized carbons (Fsp3) is 0.765. The highest BCUT2D eigenvalue weighted by Crippen LogP contribution is 2.26. The highest BCUT2D eigenvalue weighted by molar-refractivity contribution is 6.32. The van der Waals surface area contributed by atoms with Crippen molar-refractivity contribution in [2.24, 2.45) is 5.92 Å². The van der Waals surface area contributed by atoms with Gasteiger partial charge in [0.25, 0.3) is 5.56 Å². The summed E-state index contributed by atoms with van der Waals surface area (Å²) >= 11 is 6.18. The number of anilines is 1. The van der Waals surface area contributed by atoms with Crippen LogP contribution in [0.5, 0.6) is 0 Å². The van der Waals surface area contributed by atoms with E-state index in [1.807, 2.05) is 20.8 Å². The first kappa shape index (κ1) is 18.3. The third-order valence-corrected chi connectivity index (χ3v) is 4.70. The molecule has 0 radical (unpaired) electrons. The zero-order valence-electron chi connectivity index (χ0n) is 14.6. The molecule has 0 aromatic carbocycles. The van der Waals surface area contributed by atoms with Crippen LogP contribution in [0.2, 0.25) is 5.02 Å².